The Balaban J connectivity index is 2.12. The minimum atomic E-state index is -3.03. The van der Waals surface area contributed by atoms with Crippen molar-refractivity contribution in [3.8, 4) is 0 Å². The molecule has 2 N–H and O–H groups in total. The molecule has 5 heteroatoms. The largest absolute Gasteiger partial charge is 0.313 e. The van der Waals surface area contributed by atoms with Gasteiger partial charge in [-0.25, -0.2) is 13.1 Å². The van der Waals surface area contributed by atoms with Crippen molar-refractivity contribution in [2.45, 2.75) is 25.8 Å². The van der Waals surface area contributed by atoms with Crippen molar-refractivity contribution in [1.82, 2.24) is 10.0 Å². The Hall–Kier alpha value is -0.130. The monoisotopic (exact) mass is 206 g/mol. The van der Waals surface area contributed by atoms with Crippen molar-refractivity contribution in [3.63, 3.8) is 0 Å². The average molecular weight is 206 g/mol. The maximum absolute atomic E-state index is 11.0. The first-order valence-corrected chi connectivity index (χ1v) is 6.35. The van der Waals surface area contributed by atoms with Crippen LogP contribution in [0, 0.1) is 5.92 Å². The molecule has 1 atom stereocenters. The lowest BCUT2D eigenvalue weighted by atomic mass is 10.2. The fourth-order valence-electron chi connectivity index (χ4n) is 1.29. The second-order valence-electron chi connectivity index (χ2n) is 3.60. The Bertz CT molecular complexity index is 247. The summed E-state index contributed by atoms with van der Waals surface area (Å²) in [6, 6.07) is 0.465. The van der Waals surface area contributed by atoms with E-state index < -0.39 is 10.0 Å². The molecule has 0 radical (unpaired) electrons. The predicted octanol–water partition coefficient (Wildman–Crippen LogP) is -0.0763. The molecule has 1 aliphatic rings. The van der Waals surface area contributed by atoms with E-state index in [1.165, 1.54) is 19.9 Å². The van der Waals surface area contributed by atoms with Crippen molar-refractivity contribution >= 4 is 10.0 Å². The van der Waals surface area contributed by atoms with E-state index in [4.69, 9.17) is 0 Å². The summed E-state index contributed by atoms with van der Waals surface area (Å²) in [4.78, 5) is 0. The Morgan fingerprint density at radius 3 is 2.54 bits per heavy atom. The molecule has 0 aromatic carbocycles. The number of sulfonamides is 1. The van der Waals surface area contributed by atoms with E-state index in [9.17, 15) is 8.42 Å². The molecule has 0 heterocycles. The fraction of sp³-hybridized carbons (Fsp3) is 1.00. The van der Waals surface area contributed by atoms with Crippen LogP contribution in [0.15, 0.2) is 0 Å². The summed E-state index contributed by atoms with van der Waals surface area (Å²) in [7, 11) is -1.59. The second-order valence-corrected chi connectivity index (χ2v) is 5.65. The van der Waals surface area contributed by atoms with E-state index >= 15 is 0 Å². The summed E-state index contributed by atoms with van der Waals surface area (Å²) in [5.41, 5.74) is 0. The molecule has 4 nitrogen and oxygen atoms in total. The molecule has 0 aromatic heterocycles. The molecule has 0 saturated heterocycles. The molecule has 0 aromatic rings. The lowest BCUT2D eigenvalue weighted by Gasteiger charge is -2.11. The van der Waals surface area contributed by atoms with Crippen LogP contribution in [0.25, 0.3) is 0 Å². The Morgan fingerprint density at radius 2 is 2.08 bits per heavy atom. The van der Waals surface area contributed by atoms with E-state index in [1.54, 1.807) is 0 Å². The van der Waals surface area contributed by atoms with Crippen LogP contribution in [0.3, 0.4) is 0 Å². The molecular weight excluding hydrogens is 188 g/mol. The minimum absolute atomic E-state index is 0.167. The first-order chi connectivity index (χ1) is 6.05. The lowest BCUT2D eigenvalue weighted by Crippen LogP contribution is -2.35. The highest BCUT2D eigenvalue weighted by Crippen LogP contribution is 2.32. The maximum Gasteiger partial charge on any atom is 0.212 e. The maximum atomic E-state index is 11.0. The summed E-state index contributed by atoms with van der Waals surface area (Å²) in [5.74, 6) is 0.942. The molecule has 1 saturated carbocycles. The minimum Gasteiger partial charge on any atom is -0.313 e. The quantitative estimate of drug-likeness (QED) is 0.639. The number of hydrogen-bond donors (Lipinski definition) is 2. The van der Waals surface area contributed by atoms with Crippen LogP contribution in [0.5, 0.6) is 0 Å². The molecule has 1 fully saturated rings. The average Bonchev–Trinajstić information content (AvgIpc) is 2.86. The van der Waals surface area contributed by atoms with Crippen LogP contribution in [-0.2, 0) is 10.0 Å². The van der Waals surface area contributed by atoms with Gasteiger partial charge in [-0.1, -0.05) is 0 Å². The third-order valence-electron chi connectivity index (χ3n) is 2.48. The summed E-state index contributed by atoms with van der Waals surface area (Å²) in [5, 5.41) is 3.22. The van der Waals surface area contributed by atoms with Crippen molar-refractivity contribution in [2.75, 3.05) is 19.3 Å². The molecule has 1 rings (SSSR count). The SMILES string of the molecule is CNS(=O)(=O)CCNC(C)C1CC1. The fourth-order valence-corrected chi connectivity index (χ4v) is 1.88. The Kier molecular flexibility index (Phi) is 3.70. The van der Waals surface area contributed by atoms with Gasteiger partial charge in [-0.05, 0) is 32.7 Å². The highest BCUT2D eigenvalue weighted by Gasteiger charge is 2.27. The number of nitrogens with one attached hydrogen (secondary N) is 2. The van der Waals surface area contributed by atoms with Crippen LogP contribution < -0.4 is 10.0 Å². The molecule has 13 heavy (non-hydrogen) atoms. The summed E-state index contributed by atoms with van der Waals surface area (Å²) >= 11 is 0. The van der Waals surface area contributed by atoms with Crippen molar-refractivity contribution in [2.24, 2.45) is 5.92 Å². The second kappa shape index (κ2) is 4.39. The van der Waals surface area contributed by atoms with Crippen LogP contribution in [0.1, 0.15) is 19.8 Å². The van der Waals surface area contributed by atoms with Gasteiger partial charge < -0.3 is 5.32 Å². The molecule has 0 amide bonds. The van der Waals surface area contributed by atoms with Crippen molar-refractivity contribution in [1.29, 1.82) is 0 Å². The van der Waals surface area contributed by atoms with Gasteiger partial charge in [0.05, 0.1) is 5.75 Å². The van der Waals surface area contributed by atoms with Crippen molar-refractivity contribution < 1.29 is 8.42 Å². The molecule has 0 aliphatic heterocycles. The van der Waals surface area contributed by atoms with Gasteiger partial charge in [0, 0.05) is 12.6 Å². The normalized spacial score (nSPS) is 20.2. The summed E-state index contributed by atoms with van der Waals surface area (Å²) in [6.45, 7) is 2.66. The van der Waals surface area contributed by atoms with Gasteiger partial charge in [-0.15, -0.1) is 0 Å². The summed E-state index contributed by atoms with van der Waals surface area (Å²) in [6.07, 6.45) is 2.57. The van der Waals surface area contributed by atoms with Gasteiger partial charge in [0.2, 0.25) is 10.0 Å². The van der Waals surface area contributed by atoms with Crippen LogP contribution in [0.4, 0.5) is 0 Å². The summed E-state index contributed by atoms with van der Waals surface area (Å²) < 4.78 is 24.3. The molecule has 1 unspecified atom stereocenters. The van der Waals surface area contributed by atoms with E-state index in [0.717, 1.165) is 5.92 Å². The predicted molar refractivity (Wildman–Crippen MR) is 53.0 cm³/mol. The topological polar surface area (TPSA) is 58.2 Å². The van der Waals surface area contributed by atoms with E-state index in [1.807, 2.05) is 0 Å². The van der Waals surface area contributed by atoms with E-state index in [0.29, 0.717) is 12.6 Å². The van der Waals surface area contributed by atoms with Crippen LogP contribution >= 0.6 is 0 Å². The first kappa shape index (κ1) is 10.9. The first-order valence-electron chi connectivity index (χ1n) is 4.70. The molecule has 1 aliphatic carbocycles. The smallest absolute Gasteiger partial charge is 0.212 e. The molecule has 78 valence electrons. The molecule has 0 bridgehead atoms. The van der Waals surface area contributed by atoms with Gasteiger partial charge >= 0.3 is 0 Å². The Morgan fingerprint density at radius 1 is 1.46 bits per heavy atom. The zero-order chi connectivity index (χ0) is 9.90. The molecule has 0 spiro atoms. The van der Waals surface area contributed by atoms with E-state index in [2.05, 4.69) is 17.0 Å². The van der Waals surface area contributed by atoms with Crippen molar-refractivity contribution in [3.05, 3.63) is 0 Å². The third-order valence-corrected chi connectivity index (χ3v) is 3.84. The zero-order valence-corrected chi connectivity index (χ0v) is 9.02. The van der Waals surface area contributed by atoms with Gasteiger partial charge in [-0.3, -0.25) is 0 Å². The highest BCUT2D eigenvalue weighted by atomic mass is 32.2. The van der Waals surface area contributed by atoms with Crippen LogP contribution in [-0.4, -0.2) is 33.8 Å². The number of rotatable bonds is 6. The lowest BCUT2D eigenvalue weighted by molar-refractivity contribution is 0.508. The standard InChI is InChI=1S/C8H18N2O2S/c1-7(8-3-4-8)10-5-6-13(11,12)9-2/h7-10H,3-6H2,1-2H3. The number of hydrogen-bond acceptors (Lipinski definition) is 3. The van der Waals surface area contributed by atoms with Gasteiger partial charge in [0.15, 0.2) is 0 Å². The third kappa shape index (κ3) is 4.06. The van der Waals surface area contributed by atoms with Gasteiger partial charge in [-0.2, -0.15) is 0 Å². The zero-order valence-electron chi connectivity index (χ0n) is 8.21. The Labute approximate surface area is 80.1 Å². The van der Waals surface area contributed by atoms with Gasteiger partial charge in [0.25, 0.3) is 0 Å². The van der Waals surface area contributed by atoms with E-state index in [-0.39, 0.29) is 5.75 Å². The van der Waals surface area contributed by atoms with Crippen LogP contribution in [0.2, 0.25) is 0 Å². The molecular formula is C8H18N2O2S. The van der Waals surface area contributed by atoms with Gasteiger partial charge in [0.1, 0.15) is 0 Å². The highest BCUT2D eigenvalue weighted by molar-refractivity contribution is 7.89.